The predicted molar refractivity (Wildman–Crippen MR) is 97.3 cm³/mol. The summed E-state index contributed by atoms with van der Waals surface area (Å²) in [6.07, 6.45) is 1.46. The number of aromatic nitrogens is 2. The predicted octanol–water partition coefficient (Wildman–Crippen LogP) is 3.45. The first-order valence-corrected chi connectivity index (χ1v) is 8.77. The summed E-state index contributed by atoms with van der Waals surface area (Å²) in [5.74, 6) is 0. The molecular weight excluding hydrogens is 372 g/mol. The number of piperazine rings is 1. The second kappa shape index (κ2) is 6.55. The Hall–Kier alpha value is -1.89. The molecule has 1 aliphatic heterocycles. The molecule has 0 bridgehead atoms. The molecule has 1 aliphatic rings. The van der Waals surface area contributed by atoms with E-state index in [1.807, 2.05) is 32.9 Å². The maximum absolute atomic E-state index is 12.2. The molecule has 0 N–H and O–H groups in total. The van der Waals surface area contributed by atoms with E-state index in [2.05, 4.69) is 37.1 Å². The fourth-order valence-electron chi connectivity index (χ4n) is 2.77. The lowest BCUT2D eigenvalue weighted by Crippen LogP contribution is -2.50. The average molecular weight is 393 g/mol. The molecule has 0 spiro atoms. The molecule has 3 rings (SSSR count). The molecule has 0 atom stereocenters. The maximum atomic E-state index is 12.2. The second-order valence-electron chi connectivity index (χ2n) is 6.81. The summed E-state index contributed by atoms with van der Waals surface area (Å²) < 4.78 is 6.38. The lowest BCUT2D eigenvalue weighted by molar-refractivity contribution is 0.0241. The van der Waals surface area contributed by atoms with Crippen LogP contribution in [0.3, 0.4) is 0 Å². The van der Waals surface area contributed by atoms with E-state index in [0.717, 1.165) is 34.2 Å². The van der Waals surface area contributed by atoms with Gasteiger partial charge in [0, 0.05) is 41.7 Å². The second-order valence-corrected chi connectivity index (χ2v) is 7.67. The van der Waals surface area contributed by atoms with Gasteiger partial charge in [-0.1, -0.05) is 0 Å². The molecule has 0 radical (unpaired) electrons. The summed E-state index contributed by atoms with van der Waals surface area (Å²) >= 11 is 3.52. The number of carbonyl (C=O) groups excluding carboxylic acids is 1. The number of carbonyl (C=O) groups is 1. The van der Waals surface area contributed by atoms with Crippen LogP contribution in [0.5, 0.6) is 0 Å². The fraction of sp³-hybridized carbons (Fsp3) is 0.471. The molecule has 24 heavy (non-hydrogen) atoms. The van der Waals surface area contributed by atoms with Crippen molar-refractivity contribution < 1.29 is 9.53 Å². The van der Waals surface area contributed by atoms with Crippen LogP contribution in [-0.2, 0) is 4.74 Å². The summed E-state index contributed by atoms with van der Waals surface area (Å²) in [7, 11) is 0. The van der Waals surface area contributed by atoms with Gasteiger partial charge in [0.2, 0.25) is 0 Å². The van der Waals surface area contributed by atoms with Crippen molar-refractivity contribution >= 4 is 38.6 Å². The number of rotatable bonds is 1. The van der Waals surface area contributed by atoms with Gasteiger partial charge in [0.25, 0.3) is 0 Å². The fourth-order valence-corrected chi connectivity index (χ4v) is 3.19. The number of halogens is 1. The van der Waals surface area contributed by atoms with Crippen LogP contribution in [0.2, 0.25) is 0 Å². The Kier molecular flexibility index (Phi) is 4.62. The first-order valence-electron chi connectivity index (χ1n) is 7.98. The van der Waals surface area contributed by atoms with E-state index in [-0.39, 0.29) is 6.09 Å². The van der Waals surface area contributed by atoms with Crippen molar-refractivity contribution in [3.8, 4) is 0 Å². The largest absolute Gasteiger partial charge is 0.444 e. The van der Waals surface area contributed by atoms with E-state index in [0.29, 0.717) is 13.1 Å². The van der Waals surface area contributed by atoms with Crippen molar-refractivity contribution in [3.05, 3.63) is 28.9 Å². The Balaban J connectivity index is 1.74. The van der Waals surface area contributed by atoms with Crippen molar-refractivity contribution in [1.29, 1.82) is 0 Å². The summed E-state index contributed by atoms with van der Waals surface area (Å²) in [5, 5.41) is 9.23. The van der Waals surface area contributed by atoms with Crippen LogP contribution in [0.4, 0.5) is 10.5 Å². The number of amides is 1. The van der Waals surface area contributed by atoms with Crippen LogP contribution < -0.4 is 4.90 Å². The van der Waals surface area contributed by atoms with E-state index in [4.69, 9.17) is 4.74 Å². The van der Waals surface area contributed by atoms with Gasteiger partial charge >= 0.3 is 6.09 Å². The van der Waals surface area contributed by atoms with E-state index in [9.17, 15) is 4.79 Å². The zero-order valence-electron chi connectivity index (χ0n) is 14.1. The number of fused-ring (bicyclic) bond motifs is 1. The molecule has 1 saturated heterocycles. The molecule has 1 fully saturated rings. The van der Waals surface area contributed by atoms with Gasteiger partial charge in [-0.25, -0.2) is 4.79 Å². The topological polar surface area (TPSA) is 58.6 Å². The van der Waals surface area contributed by atoms with E-state index in [1.165, 1.54) is 0 Å². The van der Waals surface area contributed by atoms with Crippen molar-refractivity contribution in [2.75, 3.05) is 31.1 Å². The molecule has 2 aromatic rings. The smallest absolute Gasteiger partial charge is 0.410 e. The zero-order chi connectivity index (χ0) is 17.3. The molecule has 1 amide bonds. The zero-order valence-corrected chi connectivity index (χ0v) is 15.7. The first-order chi connectivity index (χ1) is 11.3. The van der Waals surface area contributed by atoms with Crippen molar-refractivity contribution in [3.63, 3.8) is 0 Å². The van der Waals surface area contributed by atoms with E-state index < -0.39 is 5.60 Å². The Bertz CT molecular complexity index is 752. The molecular formula is C17H21BrN4O2. The normalized spacial score (nSPS) is 15.7. The van der Waals surface area contributed by atoms with Gasteiger partial charge < -0.3 is 14.5 Å². The summed E-state index contributed by atoms with van der Waals surface area (Å²) in [6, 6.07) is 6.05. The lowest BCUT2D eigenvalue weighted by atomic mass is 10.1. The minimum atomic E-state index is -0.463. The van der Waals surface area contributed by atoms with Crippen molar-refractivity contribution in [1.82, 2.24) is 15.1 Å². The Morgan fingerprint density at radius 1 is 1.17 bits per heavy atom. The molecule has 0 unspecified atom stereocenters. The SMILES string of the molecule is CC(C)(C)OC(=O)N1CCN(c2ccc(Br)c3nnccc23)CC1. The molecule has 2 heterocycles. The van der Waals surface area contributed by atoms with Crippen LogP contribution in [0.1, 0.15) is 20.8 Å². The molecule has 7 heteroatoms. The quantitative estimate of drug-likeness (QED) is 0.743. The standard InChI is InChI=1S/C17H21BrN4O2/c1-17(2,3)24-16(23)22-10-8-21(9-11-22)14-5-4-13(18)15-12(14)6-7-19-20-15/h4-7H,8-11H2,1-3H3. The Labute approximate surface area is 149 Å². The van der Waals surface area contributed by atoms with Crippen molar-refractivity contribution in [2.45, 2.75) is 26.4 Å². The highest BCUT2D eigenvalue weighted by Crippen LogP contribution is 2.31. The maximum Gasteiger partial charge on any atom is 0.410 e. The van der Waals surface area contributed by atoms with E-state index in [1.54, 1.807) is 11.1 Å². The molecule has 6 nitrogen and oxygen atoms in total. The number of anilines is 1. The van der Waals surface area contributed by atoms with E-state index >= 15 is 0 Å². The Morgan fingerprint density at radius 3 is 2.54 bits per heavy atom. The van der Waals surface area contributed by atoms with Crippen LogP contribution in [0, 0.1) is 0 Å². The molecule has 1 aromatic heterocycles. The van der Waals surface area contributed by atoms with Gasteiger partial charge in [0.15, 0.2) is 0 Å². The van der Waals surface area contributed by atoms with Crippen LogP contribution in [0.15, 0.2) is 28.9 Å². The van der Waals surface area contributed by atoms with Gasteiger partial charge in [0.05, 0.1) is 6.20 Å². The minimum absolute atomic E-state index is 0.242. The summed E-state index contributed by atoms with van der Waals surface area (Å²) in [5.41, 5.74) is 1.51. The average Bonchev–Trinajstić information content (AvgIpc) is 2.54. The van der Waals surface area contributed by atoms with Crippen LogP contribution >= 0.6 is 15.9 Å². The first kappa shape index (κ1) is 17.0. The minimum Gasteiger partial charge on any atom is -0.444 e. The number of hydrogen-bond donors (Lipinski definition) is 0. The van der Waals surface area contributed by atoms with Gasteiger partial charge in [-0.2, -0.15) is 5.10 Å². The van der Waals surface area contributed by atoms with Crippen molar-refractivity contribution in [2.24, 2.45) is 0 Å². The highest BCUT2D eigenvalue weighted by Gasteiger charge is 2.26. The van der Waals surface area contributed by atoms with Gasteiger partial charge in [-0.15, -0.1) is 5.10 Å². The van der Waals surface area contributed by atoms with Crippen LogP contribution in [0.25, 0.3) is 10.9 Å². The van der Waals surface area contributed by atoms with Gasteiger partial charge in [0.1, 0.15) is 11.1 Å². The summed E-state index contributed by atoms with van der Waals surface area (Å²) in [6.45, 7) is 8.47. The Morgan fingerprint density at radius 2 is 1.88 bits per heavy atom. The highest BCUT2D eigenvalue weighted by atomic mass is 79.9. The number of ether oxygens (including phenoxy) is 1. The van der Waals surface area contributed by atoms with Crippen LogP contribution in [-0.4, -0.2) is 53.0 Å². The highest BCUT2D eigenvalue weighted by molar-refractivity contribution is 9.10. The summed E-state index contributed by atoms with van der Waals surface area (Å²) in [4.78, 5) is 16.2. The third-order valence-electron chi connectivity index (χ3n) is 3.88. The molecule has 1 aromatic carbocycles. The lowest BCUT2D eigenvalue weighted by Gasteiger charge is -2.37. The number of benzene rings is 1. The molecule has 0 saturated carbocycles. The van der Waals surface area contributed by atoms with Gasteiger partial charge in [-0.05, 0) is 54.9 Å². The number of hydrogen-bond acceptors (Lipinski definition) is 5. The third-order valence-corrected chi connectivity index (χ3v) is 4.52. The number of nitrogens with zero attached hydrogens (tertiary/aromatic N) is 4. The third kappa shape index (κ3) is 3.61. The molecule has 128 valence electrons. The van der Waals surface area contributed by atoms with Gasteiger partial charge in [-0.3, -0.25) is 0 Å². The monoisotopic (exact) mass is 392 g/mol. The molecule has 0 aliphatic carbocycles.